The Kier molecular flexibility index (Phi) is 6.62. The molecular formula is C23H27N3O. The molecular weight excluding hydrogens is 334 g/mol. The Labute approximate surface area is 161 Å². The number of carbonyl (C=O) groups excluding carboxylic acids is 1. The standard InChI is InChI=1S/C23H27N3O/c1-26(16-15-23(27)25-22-10-6-5-9-20(22)17-24)21-13-11-19(12-14-21)18-7-3-2-4-8-18/h2-10,19,21H,11-16H2,1H3,(H,25,27). The molecule has 1 fully saturated rings. The number of rotatable bonds is 6. The van der Waals surface area contributed by atoms with E-state index in [-0.39, 0.29) is 5.91 Å². The van der Waals surface area contributed by atoms with Gasteiger partial charge in [-0.05, 0) is 56.3 Å². The van der Waals surface area contributed by atoms with Crippen molar-refractivity contribution in [1.82, 2.24) is 4.90 Å². The first kappa shape index (κ1) is 19.1. The third kappa shape index (κ3) is 5.18. The van der Waals surface area contributed by atoms with Crippen LogP contribution in [0.1, 0.15) is 49.1 Å². The number of nitrogens with one attached hydrogen (secondary N) is 1. The molecule has 0 heterocycles. The maximum Gasteiger partial charge on any atom is 0.225 e. The molecule has 2 aromatic carbocycles. The van der Waals surface area contributed by atoms with Gasteiger partial charge in [0, 0.05) is 19.0 Å². The number of nitriles is 1. The minimum absolute atomic E-state index is 0.0393. The summed E-state index contributed by atoms with van der Waals surface area (Å²) in [5.41, 5.74) is 2.55. The van der Waals surface area contributed by atoms with E-state index in [0.29, 0.717) is 29.6 Å². The molecule has 0 atom stereocenters. The van der Waals surface area contributed by atoms with E-state index < -0.39 is 0 Å². The van der Waals surface area contributed by atoms with E-state index in [1.165, 1.54) is 31.2 Å². The van der Waals surface area contributed by atoms with Crippen molar-refractivity contribution in [2.45, 2.75) is 44.1 Å². The second-order valence-corrected chi connectivity index (χ2v) is 7.35. The summed E-state index contributed by atoms with van der Waals surface area (Å²) in [4.78, 5) is 14.6. The van der Waals surface area contributed by atoms with Gasteiger partial charge < -0.3 is 10.2 Å². The predicted octanol–water partition coefficient (Wildman–Crippen LogP) is 4.55. The Balaban J connectivity index is 1.44. The summed E-state index contributed by atoms with van der Waals surface area (Å²) in [5.74, 6) is 0.629. The molecule has 27 heavy (non-hydrogen) atoms. The minimum atomic E-state index is -0.0393. The fourth-order valence-corrected chi connectivity index (χ4v) is 3.94. The largest absolute Gasteiger partial charge is 0.325 e. The van der Waals surface area contributed by atoms with E-state index in [2.05, 4.69) is 53.7 Å². The second kappa shape index (κ2) is 9.34. The van der Waals surface area contributed by atoms with Crippen LogP contribution in [0.4, 0.5) is 5.69 Å². The molecule has 1 N–H and O–H groups in total. The van der Waals surface area contributed by atoms with Crippen molar-refractivity contribution in [1.29, 1.82) is 5.26 Å². The number of anilines is 1. The molecule has 0 saturated heterocycles. The highest BCUT2D eigenvalue weighted by Crippen LogP contribution is 2.34. The summed E-state index contributed by atoms with van der Waals surface area (Å²) in [7, 11) is 2.12. The molecule has 1 aliphatic carbocycles. The SMILES string of the molecule is CN(CCC(=O)Nc1ccccc1C#N)C1CCC(c2ccccc2)CC1. The Morgan fingerprint density at radius 2 is 1.74 bits per heavy atom. The quantitative estimate of drug-likeness (QED) is 0.821. The van der Waals surface area contributed by atoms with E-state index in [1.807, 2.05) is 6.07 Å². The van der Waals surface area contributed by atoms with E-state index in [9.17, 15) is 4.79 Å². The topological polar surface area (TPSA) is 56.1 Å². The first-order valence-electron chi connectivity index (χ1n) is 9.71. The molecule has 0 unspecified atom stereocenters. The summed E-state index contributed by atoms with van der Waals surface area (Å²) in [6.45, 7) is 0.737. The van der Waals surface area contributed by atoms with Crippen LogP contribution < -0.4 is 5.32 Å². The molecule has 0 aromatic heterocycles. The number of carbonyl (C=O) groups is 1. The lowest BCUT2D eigenvalue weighted by molar-refractivity contribution is -0.116. The van der Waals surface area contributed by atoms with Gasteiger partial charge in [0.25, 0.3) is 0 Å². The van der Waals surface area contributed by atoms with Crippen molar-refractivity contribution in [3.63, 3.8) is 0 Å². The average Bonchev–Trinajstić information content (AvgIpc) is 2.73. The van der Waals surface area contributed by atoms with Gasteiger partial charge in [0.05, 0.1) is 11.3 Å². The van der Waals surface area contributed by atoms with E-state index in [4.69, 9.17) is 5.26 Å². The monoisotopic (exact) mass is 361 g/mol. The fraction of sp³-hybridized carbons (Fsp3) is 0.391. The van der Waals surface area contributed by atoms with Gasteiger partial charge in [-0.15, -0.1) is 0 Å². The number of hydrogen-bond donors (Lipinski definition) is 1. The highest BCUT2D eigenvalue weighted by atomic mass is 16.1. The molecule has 0 aliphatic heterocycles. The van der Waals surface area contributed by atoms with Crippen molar-refractivity contribution < 1.29 is 4.79 Å². The number of nitrogens with zero attached hydrogens (tertiary/aromatic N) is 2. The Morgan fingerprint density at radius 1 is 1.07 bits per heavy atom. The van der Waals surface area contributed by atoms with Crippen molar-refractivity contribution >= 4 is 11.6 Å². The maximum atomic E-state index is 12.3. The van der Waals surface area contributed by atoms with Crippen LogP contribution in [0.3, 0.4) is 0 Å². The van der Waals surface area contributed by atoms with Crippen LogP contribution in [0.2, 0.25) is 0 Å². The van der Waals surface area contributed by atoms with Gasteiger partial charge in [0.2, 0.25) is 5.91 Å². The first-order valence-corrected chi connectivity index (χ1v) is 9.71. The molecule has 140 valence electrons. The molecule has 2 aromatic rings. The minimum Gasteiger partial charge on any atom is -0.325 e. The molecule has 0 spiro atoms. The number of amides is 1. The number of hydrogen-bond acceptors (Lipinski definition) is 3. The highest BCUT2D eigenvalue weighted by Gasteiger charge is 2.25. The zero-order chi connectivity index (χ0) is 19.1. The molecule has 0 bridgehead atoms. The normalized spacial score (nSPS) is 19.4. The van der Waals surface area contributed by atoms with Crippen LogP contribution in [0.25, 0.3) is 0 Å². The lowest BCUT2D eigenvalue weighted by Gasteiger charge is -2.34. The molecule has 1 amide bonds. The van der Waals surface area contributed by atoms with Crippen molar-refractivity contribution in [2.75, 3.05) is 18.9 Å². The molecule has 0 radical (unpaired) electrons. The van der Waals surface area contributed by atoms with Crippen LogP contribution in [-0.2, 0) is 4.79 Å². The van der Waals surface area contributed by atoms with Gasteiger partial charge in [-0.2, -0.15) is 5.26 Å². The molecule has 1 aliphatic rings. The second-order valence-electron chi connectivity index (χ2n) is 7.35. The lowest BCUT2D eigenvalue weighted by Crippen LogP contribution is -2.36. The Bertz CT molecular complexity index is 789. The van der Waals surface area contributed by atoms with E-state index in [1.54, 1.807) is 18.2 Å². The Hall–Kier alpha value is -2.64. The molecule has 1 saturated carbocycles. The maximum absolute atomic E-state index is 12.3. The van der Waals surface area contributed by atoms with Crippen molar-refractivity contribution in [3.8, 4) is 6.07 Å². The van der Waals surface area contributed by atoms with E-state index >= 15 is 0 Å². The third-order valence-electron chi connectivity index (χ3n) is 5.60. The fourth-order valence-electron chi connectivity index (χ4n) is 3.94. The third-order valence-corrected chi connectivity index (χ3v) is 5.60. The van der Waals surface area contributed by atoms with Crippen LogP contribution in [0, 0.1) is 11.3 Å². The zero-order valence-corrected chi connectivity index (χ0v) is 15.9. The van der Waals surface area contributed by atoms with Gasteiger partial charge in [0.1, 0.15) is 6.07 Å². The summed E-state index contributed by atoms with van der Waals surface area (Å²) < 4.78 is 0. The Morgan fingerprint density at radius 3 is 2.44 bits per heavy atom. The number of benzene rings is 2. The van der Waals surface area contributed by atoms with Crippen LogP contribution in [0.15, 0.2) is 54.6 Å². The average molecular weight is 361 g/mol. The van der Waals surface area contributed by atoms with Gasteiger partial charge >= 0.3 is 0 Å². The molecule has 4 nitrogen and oxygen atoms in total. The van der Waals surface area contributed by atoms with Gasteiger partial charge in [-0.25, -0.2) is 0 Å². The van der Waals surface area contributed by atoms with Crippen molar-refractivity contribution in [2.24, 2.45) is 0 Å². The highest BCUT2D eigenvalue weighted by molar-refractivity contribution is 5.92. The van der Waals surface area contributed by atoms with E-state index in [0.717, 1.165) is 6.54 Å². The molecule has 3 rings (SSSR count). The summed E-state index contributed by atoms with van der Waals surface area (Å²) in [5, 5.41) is 12.0. The zero-order valence-electron chi connectivity index (χ0n) is 15.9. The van der Waals surface area contributed by atoms with Crippen LogP contribution in [0.5, 0.6) is 0 Å². The van der Waals surface area contributed by atoms with Gasteiger partial charge in [0.15, 0.2) is 0 Å². The van der Waals surface area contributed by atoms with Crippen molar-refractivity contribution in [3.05, 3.63) is 65.7 Å². The van der Waals surface area contributed by atoms with Gasteiger partial charge in [-0.3, -0.25) is 4.79 Å². The molecule has 4 heteroatoms. The van der Waals surface area contributed by atoms with Crippen LogP contribution >= 0.6 is 0 Å². The van der Waals surface area contributed by atoms with Crippen LogP contribution in [-0.4, -0.2) is 30.4 Å². The smallest absolute Gasteiger partial charge is 0.225 e. The number of para-hydroxylation sites is 1. The predicted molar refractivity (Wildman–Crippen MR) is 108 cm³/mol. The summed E-state index contributed by atoms with van der Waals surface area (Å²) >= 11 is 0. The summed E-state index contributed by atoms with van der Waals surface area (Å²) in [6, 6.07) is 20.6. The first-order chi connectivity index (χ1) is 13.2. The summed E-state index contributed by atoms with van der Waals surface area (Å²) in [6.07, 6.45) is 5.21. The lowest BCUT2D eigenvalue weighted by atomic mass is 9.81. The van der Waals surface area contributed by atoms with Gasteiger partial charge in [-0.1, -0.05) is 42.5 Å².